The van der Waals surface area contributed by atoms with Crippen LogP contribution in [0.1, 0.15) is 49.6 Å². The zero-order chi connectivity index (χ0) is 33.6. The molecule has 10 rings (SSSR count). The van der Waals surface area contributed by atoms with E-state index in [1.165, 1.54) is 38.6 Å². The fourth-order valence-electron chi connectivity index (χ4n) is 8.67. The van der Waals surface area contributed by atoms with Crippen LogP contribution >= 0.6 is 0 Å². The molecule has 0 N–H and O–H groups in total. The van der Waals surface area contributed by atoms with Gasteiger partial charge in [0, 0.05) is 33.9 Å². The first-order valence-electron chi connectivity index (χ1n) is 17.6. The minimum Gasteiger partial charge on any atom is -0.460 e. The van der Waals surface area contributed by atoms with Crippen LogP contribution in [0.3, 0.4) is 0 Å². The van der Waals surface area contributed by atoms with Crippen LogP contribution in [-0.2, 0) is 11.8 Å². The quantitative estimate of drug-likeness (QED) is 0.179. The molecule has 0 aliphatic heterocycles. The van der Waals surface area contributed by atoms with Gasteiger partial charge in [0.15, 0.2) is 17.5 Å². The van der Waals surface area contributed by atoms with Crippen molar-refractivity contribution >= 4 is 38.1 Å². The van der Waals surface area contributed by atoms with Crippen LogP contribution in [0.25, 0.3) is 72.3 Å². The Labute approximate surface area is 291 Å². The third-order valence-electron chi connectivity index (χ3n) is 11.4. The van der Waals surface area contributed by atoms with E-state index in [9.17, 15) is 0 Å². The Kier molecular flexibility index (Phi) is 6.29. The monoisotopic (exact) mass is 645 g/mol. The number of para-hydroxylation sites is 1. The molecule has 0 spiro atoms. The molecule has 0 saturated carbocycles. The van der Waals surface area contributed by atoms with Crippen molar-refractivity contribution in [3.63, 3.8) is 0 Å². The van der Waals surface area contributed by atoms with E-state index in [-0.39, 0.29) is 5.41 Å². The lowest BCUT2D eigenvalue weighted by molar-refractivity contribution is 0.389. The summed E-state index contributed by atoms with van der Waals surface area (Å²) in [6.45, 7) is 7.15. The van der Waals surface area contributed by atoms with E-state index in [0.717, 1.165) is 57.0 Å². The molecule has 0 amide bonds. The van der Waals surface area contributed by atoms with E-state index in [4.69, 9.17) is 19.4 Å². The number of fused-ring (bicyclic) bond motifs is 9. The van der Waals surface area contributed by atoms with Crippen molar-refractivity contribution in [2.75, 3.05) is 0 Å². The largest absolute Gasteiger partial charge is 0.460 e. The van der Waals surface area contributed by atoms with Crippen molar-refractivity contribution in [1.29, 1.82) is 0 Å². The molecule has 0 fully saturated rings. The zero-order valence-corrected chi connectivity index (χ0v) is 28.4. The highest BCUT2D eigenvalue weighted by atomic mass is 16.3. The normalized spacial score (nSPS) is 16.7. The van der Waals surface area contributed by atoms with Gasteiger partial charge in [-0.25, -0.2) is 15.0 Å². The van der Waals surface area contributed by atoms with Crippen LogP contribution in [0.2, 0.25) is 0 Å². The van der Waals surface area contributed by atoms with E-state index < -0.39 is 0 Å². The average molecular weight is 646 g/mol. The lowest BCUT2D eigenvalue weighted by Gasteiger charge is -2.35. The zero-order valence-electron chi connectivity index (χ0n) is 28.4. The number of nitrogens with zero attached hydrogens (tertiary/aromatic N) is 3. The Morgan fingerprint density at radius 2 is 1.22 bits per heavy atom. The van der Waals surface area contributed by atoms with Crippen molar-refractivity contribution in [2.24, 2.45) is 5.92 Å². The number of benzene rings is 6. The molecule has 6 aromatic carbocycles. The highest BCUT2D eigenvalue weighted by Crippen LogP contribution is 2.57. The first-order valence-corrected chi connectivity index (χ1v) is 17.6. The van der Waals surface area contributed by atoms with Crippen LogP contribution in [0.15, 0.2) is 137 Å². The molecule has 1 atom stereocenters. The van der Waals surface area contributed by atoms with Crippen LogP contribution < -0.4 is 0 Å². The summed E-state index contributed by atoms with van der Waals surface area (Å²) >= 11 is 0. The Hall–Kier alpha value is -5.87. The minimum absolute atomic E-state index is 0.0128. The van der Waals surface area contributed by atoms with Crippen molar-refractivity contribution in [3.8, 4) is 34.2 Å². The van der Waals surface area contributed by atoms with E-state index in [1.807, 2.05) is 18.2 Å². The number of hydrogen-bond acceptors (Lipinski definition) is 4. The second-order valence-electron chi connectivity index (χ2n) is 14.2. The first kappa shape index (κ1) is 29.1. The fourth-order valence-corrected chi connectivity index (χ4v) is 8.67. The molecule has 0 saturated heterocycles. The highest BCUT2D eigenvalue weighted by molar-refractivity contribution is 6.13. The Morgan fingerprint density at radius 3 is 2.04 bits per heavy atom. The van der Waals surface area contributed by atoms with Gasteiger partial charge in [0.2, 0.25) is 0 Å². The SMILES string of the molecule is CC(C)C1(C)C2=C(c3ccccc31)c1c(oc3c(-c4nc(-c5ccccc5)nc(-c5cc6ccccc6c6ccccc56)n4)cccc13)CC2. The van der Waals surface area contributed by atoms with Crippen molar-refractivity contribution in [1.82, 2.24) is 15.0 Å². The minimum atomic E-state index is -0.0128. The third-order valence-corrected chi connectivity index (χ3v) is 11.4. The lowest BCUT2D eigenvalue weighted by atomic mass is 9.68. The number of hydrogen-bond donors (Lipinski definition) is 0. The number of furan rings is 1. The molecule has 0 radical (unpaired) electrons. The second kappa shape index (κ2) is 10.8. The predicted octanol–water partition coefficient (Wildman–Crippen LogP) is 11.6. The van der Waals surface area contributed by atoms with Gasteiger partial charge in [-0.15, -0.1) is 0 Å². The maximum atomic E-state index is 6.91. The molecule has 50 heavy (non-hydrogen) atoms. The maximum absolute atomic E-state index is 6.91. The van der Waals surface area contributed by atoms with Crippen molar-refractivity contribution in [2.45, 2.75) is 39.0 Å². The lowest BCUT2D eigenvalue weighted by Crippen LogP contribution is -2.29. The molecule has 8 aromatic rings. The smallest absolute Gasteiger partial charge is 0.167 e. The summed E-state index contributed by atoms with van der Waals surface area (Å²) in [4.78, 5) is 15.6. The fraction of sp³-hybridized carbons (Fsp3) is 0.152. The van der Waals surface area contributed by atoms with Gasteiger partial charge in [0.25, 0.3) is 0 Å². The molecule has 4 nitrogen and oxygen atoms in total. The number of rotatable bonds is 4. The Morgan fingerprint density at radius 1 is 0.580 bits per heavy atom. The highest BCUT2D eigenvalue weighted by Gasteiger charge is 2.46. The van der Waals surface area contributed by atoms with E-state index in [0.29, 0.717) is 23.4 Å². The van der Waals surface area contributed by atoms with Gasteiger partial charge < -0.3 is 4.42 Å². The Balaban J connectivity index is 1.23. The topological polar surface area (TPSA) is 51.8 Å². The van der Waals surface area contributed by atoms with Crippen LogP contribution in [0, 0.1) is 5.92 Å². The summed E-state index contributed by atoms with van der Waals surface area (Å²) in [5, 5.41) is 5.78. The van der Waals surface area contributed by atoms with Crippen molar-refractivity contribution < 1.29 is 4.42 Å². The van der Waals surface area contributed by atoms with Gasteiger partial charge in [-0.2, -0.15) is 0 Å². The molecule has 0 bridgehead atoms. The van der Waals surface area contributed by atoms with Crippen LogP contribution in [-0.4, -0.2) is 15.0 Å². The molecule has 2 aromatic heterocycles. The summed E-state index contributed by atoms with van der Waals surface area (Å²) in [6, 6.07) is 44.9. The summed E-state index contributed by atoms with van der Waals surface area (Å²) in [5.41, 5.74) is 10.5. The molecule has 1 unspecified atom stereocenters. The number of allylic oxidation sites excluding steroid dienone is 1. The maximum Gasteiger partial charge on any atom is 0.167 e. The second-order valence-corrected chi connectivity index (χ2v) is 14.2. The van der Waals surface area contributed by atoms with Gasteiger partial charge in [-0.05, 0) is 62.7 Å². The molecule has 2 aliphatic carbocycles. The van der Waals surface area contributed by atoms with Crippen LogP contribution in [0.5, 0.6) is 0 Å². The first-order chi connectivity index (χ1) is 24.5. The van der Waals surface area contributed by atoms with Gasteiger partial charge in [-0.1, -0.05) is 142 Å². The standard InChI is InChI=1S/C46H35N3O/c1-27(2)46(3)37-23-12-11-20-33(37)40-38(46)24-25-39-41(40)34-21-13-22-35(42(34)50-39)44-47-43(28-14-5-4-6-15-28)48-45(49-44)36-26-29-16-7-8-17-30(29)31-18-9-10-19-32(31)36/h4-23,26-27H,24-25H2,1-3H3. The van der Waals surface area contributed by atoms with Crippen molar-refractivity contribution in [3.05, 3.63) is 155 Å². The summed E-state index contributed by atoms with van der Waals surface area (Å²) in [6.07, 6.45) is 1.86. The average Bonchev–Trinajstić information content (AvgIpc) is 3.68. The van der Waals surface area contributed by atoms with Gasteiger partial charge >= 0.3 is 0 Å². The summed E-state index contributed by atoms with van der Waals surface area (Å²) in [7, 11) is 0. The molecular formula is C46H35N3O. The number of aryl methyl sites for hydroxylation is 1. The molecule has 2 aliphatic rings. The van der Waals surface area contributed by atoms with E-state index in [1.54, 1.807) is 0 Å². The summed E-state index contributed by atoms with van der Waals surface area (Å²) < 4.78 is 6.91. The summed E-state index contributed by atoms with van der Waals surface area (Å²) in [5.74, 6) is 3.41. The van der Waals surface area contributed by atoms with Gasteiger partial charge in [0.1, 0.15) is 11.3 Å². The third kappa shape index (κ3) is 4.08. The molecule has 4 heteroatoms. The number of aromatic nitrogens is 3. The predicted molar refractivity (Wildman–Crippen MR) is 204 cm³/mol. The molecular weight excluding hydrogens is 611 g/mol. The van der Waals surface area contributed by atoms with Crippen LogP contribution in [0.4, 0.5) is 0 Å². The Bertz CT molecular complexity index is 2700. The van der Waals surface area contributed by atoms with Gasteiger partial charge in [0.05, 0.1) is 5.56 Å². The van der Waals surface area contributed by atoms with E-state index >= 15 is 0 Å². The molecule has 240 valence electrons. The molecule has 2 heterocycles. The van der Waals surface area contributed by atoms with Gasteiger partial charge in [-0.3, -0.25) is 0 Å². The van der Waals surface area contributed by atoms with E-state index in [2.05, 4.69) is 130 Å².